The molecule has 1 aliphatic rings. The van der Waals surface area contributed by atoms with Gasteiger partial charge in [0.15, 0.2) is 0 Å². The first kappa shape index (κ1) is 22.2. The molecule has 0 spiro atoms. The third kappa shape index (κ3) is 4.79. The van der Waals surface area contributed by atoms with Gasteiger partial charge < -0.3 is 10.8 Å². The number of carbonyl (C=O) groups excluding carboxylic acids is 1. The number of aromatic nitrogens is 1. The largest absolute Gasteiger partial charge is 0.412 e. The monoisotopic (exact) mass is 428 g/mol. The van der Waals surface area contributed by atoms with Crippen LogP contribution in [0.15, 0.2) is 54.7 Å². The Kier molecular flexibility index (Phi) is 7.06. The van der Waals surface area contributed by atoms with E-state index in [9.17, 15) is 9.18 Å². The molecule has 1 amide bonds. The second-order valence-corrected chi connectivity index (χ2v) is 8.39. The van der Waals surface area contributed by atoms with Gasteiger partial charge in [-0.3, -0.25) is 9.78 Å². The molecule has 1 heterocycles. The van der Waals surface area contributed by atoms with Crippen molar-refractivity contribution in [1.82, 2.24) is 4.98 Å². The Morgan fingerprint density at radius 1 is 1.10 bits per heavy atom. The van der Waals surface area contributed by atoms with Gasteiger partial charge in [0.1, 0.15) is 5.82 Å². The molecule has 158 valence electrons. The molecule has 0 unspecified atom stereocenters. The van der Waals surface area contributed by atoms with Crippen molar-refractivity contribution in [3.8, 4) is 0 Å². The van der Waals surface area contributed by atoms with Crippen molar-refractivity contribution in [2.24, 2.45) is 11.8 Å². The Bertz CT molecular complexity index is 1020. The molecule has 1 aromatic heterocycles. The van der Waals surface area contributed by atoms with E-state index in [2.05, 4.69) is 10.3 Å². The smallest absolute Gasteiger partial charge is 0.227 e. The van der Waals surface area contributed by atoms with Crippen molar-refractivity contribution in [3.63, 3.8) is 0 Å². The minimum atomic E-state index is -0.229. The van der Waals surface area contributed by atoms with Crippen LogP contribution in [0.5, 0.6) is 0 Å². The number of anilines is 1. The van der Waals surface area contributed by atoms with Gasteiger partial charge in [0.2, 0.25) is 5.91 Å². The fourth-order valence-electron chi connectivity index (χ4n) is 4.43. The maximum atomic E-state index is 13.8. The molecule has 3 aromatic rings. The lowest BCUT2D eigenvalue weighted by Gasteiger charge is -2.32. The zero-order chi connectivity index (χ0) is 20.4. The summed E-state index contributed by atoms with van der Waals surface area (Å²) in [5.41, 5.74) is 2.78. The number of hydrogen-bond donors (Lipinski definition) is 1. The van der Waals surface area contributed by atoms with E-state index in [0.717, 1.165) is 42.3 Å². The maximum absolute atomic E-state index is 13.8. The zero-order valence-corrected chi connectivity index (χ0v) is 17.6. The van der Waals surface area contributed by atoms with E-state index in [1.165, 1.54) is 11.6 Å². The van der Waals surface area contributed by atoms with E-state index in [0.29, 0.717) is 16.9 Å². The van der Waals surface area contributed by atoms with Crippen LogP contribution in [0.4, 0.5) is 10.1 Å². The van der Waals surface area contributed by atoms with Crippen LogP contribution in [-0.4, -0.2) is 16.4 Å². The number of carbonyl (C=O) groups is 1. The molecule has 0 radical (unpaired) electrons. The standard InChI is InChI=1S/C24H24ClFN2O.H2O/c1-15(24(29)28-20-9-6-18(25)7-10-20)16-2-4-17(5-3-16)21-12-13-27-23-11-8-19(26)14-22(21)23;/h6-17H,2-5H2,1H3,(H,28,29);1H2/t15-,16?,17?;/m1./s1. The molecule has 3 N–H and O–H groups in total. The number of nitrogens with one attached hydrogen (secondary N) is 1. The molecular formula is C24H26ClFN2O2. The second kappa shape index (κ2) is 9.54. The number of pyridine rings is 1. The lowest BCUT2D eigenvalue weighted by atomic mass is 9.73. The van der Waals surface area contributed by atoms with Gasteiger partial charge >= 0.3 is 0 Å². The minimum absolute atomic E-state index is 0. The van der Waals surface area contributed by atoms with Crippen molar-refractivity contribution < 1.29 is 14.7 Å². The normalized spacial score (nSPS) is 19.7. The van der Waals surface area contributed by atoms with Gasteiger partial charge in [0.25, 0.3) is 0 Å². The van der Waals surface area contributed by atoms with E-state index in [-0.39, 0.29) is 23.1 Å². The van der Waals surface area contributed by atoms with Crippen molar-refractivity contribution >= 4 is 34.1 Å². The summed E-state index contributed by atoms with van der Waals surface area (Å²) in [6.45, 7) is 2.01. The van der Waals surface area contributed by atoms with Gasteiger partial charge in [-0.2, -0.15) is 0 Å². The van der Waals surface area contributed by atoms with Crippen molar-refractivity contribution in [2.45, 2.75) is 38.5 Å². The Labute approximate surface area is 180 Å². The molecular weight excluding hydrogens is 403 g/mol. The summed E-state index contributed by atoms with van der Waals surface area (Å²) >= 11 is 5.90. The van der Waals surface area contributed by atoms with Gasteiger partial charge in [-0.05, 0) is 91.6 Å². The minimum Gasteiger partial charge on any atom is -0.412 e. The first-order valence-corrected chi connectivity index (χ1v) is 10.5. The molecule has 1 saturated carbocycles. The van der Waals surface area contributed by atoms with Crippen molar-refractivity contribution in [1.29, 1.82) is 0 Å². The molecule has 2 aromatic carbocycles. The summed E-state index contributed by atoms with van der Waals surface area (Å²) in [7, 11) is 0. The SMILES string of the molecule is C[C@@H](C(=O)Nc1ccc(Cl)cc1)C1CCC(c2ccnc3ccc(F)cc23)CC1.O. The molecule has 1 fully saturated rings. The lowest BCUT2D eigenvalue weighted by Crippen LogP contribution is -2.29. The Morgan fingerprint density at radius 2 is 1.80 bits per heavy atom. The number of halogens is 2. The number of fused-ring (bicyclic) bond motifs is 1. The number of amides is 1. The van der Waals surface area contributed by atoms with Crippen molar-refractivity contribution in [3.05, 3.63) is 71.1 Å². The molecule has 30 heavy (non-hydrogen) atoms. The average molecular weight is 429 g/mol. The van der Waals surface area contributed by atoms with Crippen LogP contribution in [0.3, 0.4) is 0 Å². The maximum Gasteiger partial charge on any atom is 0.227 e. The summed E-state index contributed by atoms with van der Waals surface area (Å²) < 4.78 is 13.8. The van der Waals surface area contributed by atoms with Crippen LogP contribution in [0.25, 0.3) is 10.9 Å². The average Bonchev–Trinajstić information content (AvgIpc) is 2.74. The highest BCUT2D eigenvalue weighted by molar-refractivity contribution is 6.30. The van der Waals surface area contributed by atoms with Crippen molar-refractivity contribution in [2.75, 3.05) is 5.32 Å². The topological polar surface area (TPSA) is 73.5 Å². The summed E-state index contributed by atoms with van der Waals surface area (Å²) in [6, 6.07) is 14.0. The zero-order valence-electron chi connectivity index (χ0n) is 16.9. The Morgan fingerprint density at radius 3 is 2.50 bits per heavy atom. The van der Waals surface area contributed by atoms with Crippen LogP contribution in [0.2, 0.25) is 5.02 Å². The number of nitrogens with zero attached hydrogens (tertiary/aromatic N) is 1. The number of benzene rings is 2. The third-order valence-corrected chi connectivity index (χ3v) is 6.43. The Hall–Kier alpha value is -2.50. The highest BCUT2D eigenvalue weighted by atomic mass is 35.5. The molecule has 0 aliphatic heterocycles. The van der Waals surface area contributed by atoms with E-state index in [4.69, 9.17) is 11.6 Å². The predicted octanol–water partition coefficient (Wildman–Crippen LogP) is 5.75. The van der Waals surface area contributed by atoms with Gasteiger partial charge in [0.05, 0.1) is 5.52 Å². The van der Waals surface area contributed by atoms with E-state index < -0.39 is 0 Å². The molecule has 4 nitrogen and oxygen atoms in total. The summed E-state index contributed by atoms with van der Waals surface area (Å²) in [5, 5.41) is 4.55. The molecule has 1 aliphatic carbocycles. The van der Waals surface area contributed by atoms with E-state index >= 15 is 0 Å². The third-order valence-electron chi connectivity index (χ3n) is 6.18. The Balaban J connectivity index is 0.00000256. The summed E-state index contributed by atoms with van der Waals surface area (Å²) in [5.74, 6) is 0.492. The molecule has 0 saturated heterocycles. The number of hydrogen-bond acceptors (Lipinski definition) is 2. The first-order chi connectivity index (χ1) is 14.0. The highest BCUT2D eigenvalue weighted by Gasteiger charge is 2.30. The second-order valence-electron chi connectivity index (χ2n) is 7.96. The molecule has 1 atom stereocenters. The summed E-state index contributed by atoms with van der Waals surface area (Å²) in [6.07, 6.45) is 5.78. The fraction of sp³-hybridized carbons (Fsp3) is 0.333. The van der Waals surface area contributed by atoms with Gasteiger partial charge in [-0.1, -0.05) is 18.5 Å². The molecule has 4 rings (SSSR count). The van der Waals surface area contributed by atoms with Crippen LogP contribution < -0.4 is 5.32 Å². The summed E-state index contributed by atoms with van der Waals surface area (Å²) in [4.78, 5) is 17.0. The number of rotatable bonds is 4. The van der Waals surface area contributed by atoms with E-state index in [1.54, 1.807) is 24.3 Å². The highest BCUT2D eigenvalue weighted by Crippen LogP contribution is 2.41. The van der Waals surface area contributed by atoms with Crippen LogP contribution in [0, 0.1) is 17.7 Å². The predicted molar refractivity (Wildman–Crippen MR) is 119 cm³/mol. The first-order valence-electron chi connectivity index (χ1n) is 10.1. The quantitative estimate of drug-likeness (QED) is 0.574. The fourth-order valence-corrected chi connectivity index (χ4v) is 4.56. The van der Waals surface area contributed by atoms with Crippen LogP contribution in [0.1, 0.15) is 44.1 Å². The van der Waals surface area contributed by atoms with Crippen LogP contribution in [-0.2, 0) is 4.79 Å². The van der Waals surface area contributed by atoms with Gasteiger partial charge in [0, 0.05) is 28.2 Å². The van der Waals surface area contributed by atoms with E-state index in [1.807, 2.05) is 31.3 Å². The van der Waals surface area contributed by atoms with Gasteiger partial charge in [-0.15, -0.1) is 0 Å². The molecule has 0 bridgehead atoms. The molecule has 6 heteroatoms. The van der Waals surface area contributed by atoms with Gasteiger partial charge in [-0.25, -0.2) is 4.39 Å². The lowest BCUT2D eigenvalue weighted by molar-refractivity contribution is -0.121. The van der Waals surface area contributed by atoms with Crippen LogP contribution >= 0.6 is 11.6 Å².